The molecule has 1 aliphatic rings. The smallest absolute Gasteiger partial charge is 0.150 e. The summed E-state index contributed by atoms with van der Waals surface area (Å²) in [5, 5.41) is 0.722. The van der Waals surface area contributed by atoms with Crippen molar-refractivity contribution in [3.05, 3.63) is 35.5 Å². The van der Waals surface area contributed by atoms with Crippen LogP contribution in [0.3, 0.4) is 0 Å². The number of halogens is 2. The van der Waals surface area contributed by atoms with E-state index in [1.807, 2.05) is 6.20 Å². The second kappa shape index (κ2) is 4.71. The van der Waals surface area contributed by atoms with E-state index in [1.165, 1.54) is 31.7 Å². The predicted molar refractivity (Wildman–Crippen MR) is 68.7 cm³/mol. The minimum atomic E-state index is -0.495. The first kappa shape index (κ1) is 11.7. The van der Waals surface area contributed by atoms with Gasteiger partial charge in [-0.2, -0.15) is 0 Å². The van der Waals surface area contributed by atoms with Gasteiger partial charge in [0.25, 0.3) is 0 Å². The maximum Gasteiger partial charge on any atom is 0.150 e. The normalized spacial score (nSPS) is 18.1. The minimum absolute atomic E-state index is 0.440. The highest BCUT2D eigenvalue weighted by Gasteiger charge is 2.19. The van der Waals surface area contributed by atoms with Crippen LogP contribution in [-0.4, -0.2) is 4.98 Å². The Kier molecular flexibility index (Phi) is 3.06. The molecule has 3 rings (SSSR count). The van der Waals surface area contributed by atoms with Crippen molar-refractivity contribution in [1.29, 1.82) is 0 Å². The molecule has 0 saturated heterocycles. The Bertz CT molecular complexity index is 551. The van der Waals surface area contributed by atoms with Crippen LogP contribution in [0.1, 0.15) is 50.0 Å². The van der Waals surface area contributed by atoms with Crippen molar-refractivity contribution in [1.82, 2.24) is 4.98 Å². The maximum atomic E-state index is 13.6. The molecule has 1 fully saturated rings. The van der Waals surface area contributed by atoms with Crippen LogP contribution in [-0.2, 0) is 0 Å². The van der Waals surface area contributed by atoms with Crippen LogP contribution in [0.4, 0.5) is 8.78 Å². The fourth-order valence-electron chi connectivity index (χ4n) is 3.10. The van der Waals surface area contributed by atoms with Gasteiger partial charge >= 0.3 is 0 Å². The van der Waals surface area contributed by atoms with E-state index >= 15 is 0 Å². The van der Waals surface area contributed by atoms with Crippen molar-refractivity contribution >= 4 is 10.9 Å². The van der Waals surface area contributed by atoms with Crippen LogP contribution in [0.5, 0.6) is 0 Å². The van der Waals surface area contributed by atoms with E-state index in [0.717, 1.165) is 29.9 Å². The quantitative estimate of drug-likeness (QED) is 0.693. The number of aromatic amines is 1. The zero-order valence-electron chi connectivity index (χ0n) is 10.3. The predicted octanol–water partition coefficient (Wildman–Crippen LogP) is 4.88. The molecule has 0 spiro atoms. The largest absolute Gasteiger partial charge is 0.359 e. The minimum Gasteiger partial charge on any atom is -0.359 e. The molecule has 0 amide bonds. The summed E-state index contributed by atoms with van der Waals surface area (Å²) in [6.45, 7) is 0. The molecule has 0 atom stereocenters. The summed E-state index contributed by atoms with van der Waals surface area (Å²) in [7, 11) is 0. The van der Waals surface area contributed by atoms with Crippen molar-refractivity contribution in [3.8, 4) is 0 Å². The molecular formula is C15H17F2N. The highest BCUT2D eigenvalue weighted by molar-refractivity contribution is 5.84. The van der Waals surface area contributed by atoms with Gasteiger partial charge in [-0.1, -0.05) is 25.7 Å². The van der Waals surface area contributed by atoms with Crippen molar-refractivity contribution in [3.63, 3.8) is 0 Å². The average Bonchev–Trinajstić information content (AvgIpc) is 2.59. The topological polar surface area (TPSA) is 15.8 Å². The number of benzene rings is 1. The summed E-state index contributed by atoms with van der Waals surface area (Å²) in [6, 6.07) is 2.39. The number of nitrogens with one attached hydrogen (secondary N) is 1. The van der Waals surface area contributed by atoms with Gasteiger partial charge < -0.3 is 4.98 Å². The molecule has 1 N–H and O–H groups in total. The fourth-order valence-corrected chi connectivity index (χ4v) is 3.10. The van der Waals surface area contributed by atoms with E-state index in [0.29, 0.717) is 11.4 Å². The highest BCUT2D eigenvalue weighted by Crippen LogP contribution is 2.36. The van der Waals surface area contributed by atoms with Crippen molar-refractivity contribution in [2.45, 2.75) is 44.4 Å². The molecule has 1 nitrogen and oxygen atoms in total. The van der Waals surface area contributed by atoms with Crippen molar-refractivity contribution in [2.75, 3.05) is 0 Å². The van der Waals surface area contributed by atoms with Gasteiger partial charge in [-0.3, -0.25) is 0 Å². The van der Waals surface area contributed by atoms with E-state index in [9.17, 15) is 8.78 Å². The van der Waals surface area contributed by atoms with Gasteiger partial charge in [-0.15, -0.1) is 0 Å². The van der Waals surface area contributed by atoms with E-state index in [-0.39, 0.29) is 0 Å². The summed E-state index contributed by atoms with van der Waals surface area (Å²) < 4.78 is 27.0. The summed E-state index contributed by atoms with van der Waals surface area (Å²) >= 11 is 0. The van der Waals surface area contributed by atoms with E-state index in [1.54, 1.807) is 0 Å². The average molecular weight is 249 g/mol. The molecule has 2 aromatic rings. The molecule has 1 saturated carbocycles. The highest BCUT2D eigenvalue weighted by atomic mass is 19.1. The Morgan fingerprint density at radius 3 is 2.44 bits per heavy atom. The summed E-state index contributed by atoms with van der Waals surface area (Å²) in [4.78, 5) is 2.96. The SMILES string of the molecule is Fc1cc(F)c2[nH]cc(C3CCCCCC3)c2c1. The second-order valence-corrected chi connectivity index (χ2v) is 5.24. The molecule has 0 radical (unpaired) electrons. The van der Waals surface area contributed by atoms with E-state index in [2.05, 4.69) is 4.98 Å². The Morgan fingerprint density at radius 2 is 1.72 bits per heavy atom. The number of fused-ring (bicyclic) bond motifs is 1. The lowest BCUT2D eigenvalue weighted by Gasteiger charge is -2.13. The van der Waals surface area contributed by atoms with Crippen LogP contribution < -0.4 is 0 Å². The van der Waals surface area contributed by atoms with Gasteiger partial charge in [0.1, 0.15) is 11.6 Å². The molecule has 1 heterocycles. The molecule has 1 aromatic carbocycles. The molecule has 3 heteroatoms. The van der Waals surface area contributed by atoms with Crippen LogP contribution in [0, 0.1) is 11.6 Å². The molecule has 96 valence electrons. The lowest BCUT2D eigenvalue weighted by atomic mass is 9.91. The number of hydrogen-bond acceptors (Lipinski definition) is 0. The van der Waals surface area contributed by atoms with Crippen molar-refractivity contribution in [2.24, 2.45) is 0 Å². The Balaban J connectivity index is 2.05. The summed E-state index contributed by atoms with van der Waals surface area (Å²) in [5.74, 6) is -0.540. The first-order valence-electron chi connectivity index (χ1n) is 6.72. The van der Waals surface area contributed by atoms with Gasteiger partial charge in [0.2, 0.25) is 0 Å². The van der Waals surface area contributed by atoms with Gasteiger partial charge in [0.15, 0.2) is 0 Å². The third kappa shape index (κ3) is 2.02. The Hall–Kier alpha value is -1.38. The summed E-state index contributed by atoms with van der Waals surface area (Å²) in [6.07, 6.45) is 9.12. The van der Waals surface area contributed by atoms with Crippen molar-refractivity contribution < 1.29 is 8.78 Å². The molecule has 0 bridgehead atoms. The standard InChI is InChI=1S/C15H17F2N/c16-11-7-12-13(9-18-15(12)14(17)8-11)10-5-3-1-2-4-6-10/h7-10,18H,1-6H2. The molecular weight excluding hydrogens is 232 g/mol. The third-order valence-corrected chi connectivity index (χ3v) is 4.03. The van der Waals surface area contributed by atoms with E-state index in [4.69, 9.17) is 0 Å². The lowest BCUT2D eigenvalue weighted by Crippen LogP contribution is -1.96. The Labute approximate surface area is 105 Å². The van der Waals surface area contributed by atoms with E-state index < -0.39 is 11.6 Å². The van der Waals surface area contributed by atoms with Gasteiger partial charge in [0, 0.05) is 17.6 Å². The zero-order chi connectivity index (χ0) is 12.5. The maximum absolute atomic E-state index is 13.6. The van der Waals surface area contributed by atoms with Gasteiger partial charge in [-0.05, 0) is 30.4 Å². The number of rotatable bonds is 1. The number of hydrogen-bond donors (Lipinski definition) is 1. The number of H-pyrrole nitrogens is 1. The summed E-state index contributed by atoms with van der Waals surface area (Å²) in [5.41, 5.74) is 1.53. The van der Waals surface area contributed by atoms with Gasteiger partial charge in [-0.25, -0.2) is 8.78 Å². The van der Waals surface area contributed by atoms with Crippen LogP contribution >= 0.6 is 0 Å². The molecule has 18 heavy (non-hydrogen) atoms. The molecule has 0 aliphatic heterocycles. The first-order chi connectivity index (χ1) is 8.75. The lowest BCUT2D eigenvalue weighted by molar-refractivity contribution is 0.588. The molecule has 1 aromatic heterocycles. The Morgan fingerprint density at radius 1 is 1.00 bits per heavy atom. The monoisotopic (exact) mass is 249 g/mol. The number of aromatic nitrogens is 1. The third-order valence-electron chi connectivity index (χ3n) is 4.03. The molecule has 0 unspecified atom stereocenters. The van der Waals surface area contributed by atoms with Gasteiger partial charge in [0.05, 0.1) is 5.52 Å². The first-order valence-corrected chi connectivity index (χ1v) is 6.72. The fraction of sp³-hybridized carbons (Fsp3) is 0.467. The van der Waals surface area contributed by atoms with Crippen LogP contribution in [0.25, 0.3) is 10.9 Å². The molecule has 1 aliphatic carbocycles. The second-order valence-electron chi connectivity index (χ2n) is 5.24. The zero-order valence-corrected chi connectivity index (χ0v) is 10.3. The van der Waals surface area contributed by atoms with Crippen LogP contribution in [0.2, 0.25) is 0 Å². The van der Waals surface area contributed by atoms with Crippen LogP contribution in [0.15, 0.2) is 18.3 Å².